The number of carbonyl (C=O) groups excluding carboxylic acids is 1. The molecule has 2 rings (SSSR count). The minimum Gasteiger partial charge on any atom is -0.506 e. The summed E-state index contributed by atoms with van der Waals surface area (Å²) in [5.74, 6) is -0.316. The third kappa shape index (κ3) is 2.16. The maximum atomic E-state index is 11.1. The number of benzene rings is 2. The number of phenolic OH excluding ortho intramolecular Hbond substituents is 1. The molecule has 0 bridgehead atoms. The van der Waals surface area contributed by atoms with Crippen LogP contribution in [-0.2, 0) is 4.79 Å². The zero-order chi connectivity index (χ0) is 12.6. The number of aromatic hydroxyl groups is 1. The van der Waals surface area contributed by atoms with Crippen LogP contribution < -0.4 is 5.32 Å². The van der Waals surface area contributed by atoms with Crippen LogP contribution >= 0.6 is 23.2 Å². The molecule has 0 radical (unpaired) electrons. The first-order valence-electron chi connectivity index (χ1n) is 4.88. The molecular weight excluding hydrogens is 261 g/mol. The normalized spacial score (nSPS) is 10.5. The van der Waals surface area contributed by atoms with Crippen molar-refractivity contribution in [3.05, 3.63) is 34.3 Å². The highest BCUT2D eigenvalue weighted by molar-refractivity contribution is 6.40. The molecule has 5 heteroatoms. The highest BCUT2D eigenvalue weighted by Gasteiger charge is 2.13. The summed E-state index contributed by atoms with van der Waals surface area (Å²) in [6.45, 7) is 1.39. The van der Waals surface area contributed by atoms with Crippen LogP contribution in [-0.4, -0.2) is 11.0 Å². The largest absolute Gasteiger partial charge is 0.506 e. The number of phenols is 1. The topological polar surface area (TPSA) is 49.3 Å². The van der Waals surface area contributed by atoms with Crippen molar-refractivity contribution in [3.8, 4) is 5.75 Å². The van der Waals surface area contributed by atoms with Gasteiger partial charge in [-0.3, -0.25) is 4.79 Å². The summed E-state index contributed by atoms with van der Waals surface area (Å²) in [6.07, 6.45) is 0. The minimum absolute atomic E-state index is 0.0876. The first kappa shape index (κ1) is 12.0. The summed E-state index contributed by atoms with van der Waals surface area (Å²) in [5.41, 5.74) is 0.483. The molecule has 0 atom stereocenters. The van der Waals surface area contributed by atoms with E-state index in [2.05, 4.69) is 5.32 Å². The SMILES string of the molecule is CC(=O)Nc1cccc2c(Cl)cc(Cl)c(O)c12. The third-order valence-electron chi connectivity index (χ3n) is 2.35. The van der Waals surface area contributed by atoms with Crippen molar-refractivity contribution in [1.82, 2.24) is 0 Å². The van der Waals surface area contributed by atoms with Gasteiger partial charge in [-0.15, -0.1) is 0 Å². The number of amides is 1. The molecule has 2 N–H and O–H groups in total. The Hall–Kier alpha value is -1.45. The Balaban J connectivity index is 2.82. The minimum atomic E-state index is -0.229. The average molecular weight is 270 g/mol. The molecule has 1 amide bonds. The van der Waals surface area contributed by atoms with E-state index in [0.717, 1.165) is 0 Å². The second-order valence-corrected chi connectivity index (χ2v) is 4.41. The Kier molecular flexibility index (Phi) is 3.13. The van der Waals surface area contributed by atoms with Gasteiger partial charge >= 0.3 is 0 Å². The molecule has 0 fully saturated rings. The predicted octanol–water partition coefficient (Wildman–Crippen LogP) is 3.81. The summed E-state index contributed by atoms with van der Waals surface area (Å²) < 4.78 is 0. The fourth-order valence-electron chi connectivity index (χ4n) is 1.68. The van der Waals surface area contributed by atoms with E-state index in [1.165, 1.54) is 13.0 Å². The Morgan fingerprint density at radius 1 is 1.29 bits per heavy atom. The molecule has 0 aliphatic rings. The van der Waals surface area contributed by atoms with Crippen LogP contribution in [0.4, 0.5) is 5.69 Å². The Bertz CT molecular complexity index is 611. The molecule has 2 aromatic carbocycles. The highest BCUT2D eigenvalue weighted by atomic mass is 35.5. The van der Waals surface area contributed by atoms with Crippen molar-refractivity contribution >= 4 is 45.6 Å². The van der Waals surface area contributed by atoms with Crippen molar-refractivity contribution < 1.29 is 9.90 Å². The van der Waals surface area contributed by atoms with Gasteiger partial charge in [-0.1, -0.05) is 35.3 Å². The van der Waals surface area contributed by atoms with Gasteiger partial charge in [0.15, 0.2) is 0 Å². The van der Waals surface area contributed by atoms with Crippen molar-refractivity contribution in [2.45, 2.75) is 6.92 Å². The number of nitrogens with one attached hydrogen (secondary N) is 1. The van der Waals surface area contributed by atoms with E-state index in [-0.39, 0.29) is 16.7 Å². The van der Waals surface area contributed by atoms with Crippen molar-refractivity contribution in [1.29, 1.82) is 0 Å². The Morgan fingerprint density at radius 2 is 2.00 bits per heavy atom. The molecule has 3 nitrogen and oxygen atoms in total. The number of carbonyl (C=O) groups is 1. The number of halogens is 2. The van der Waals surface area contributed by atoms with E-state index in [9.17, 15) is 9.90 Å². The standard InChI is InChI=1S/C12H9Cl2NO2/c1-6(16)15-10-4-2-3-7-8(13)5-9(14)12(17)11(7)10/h2-5,17H,1H3,(H,15,16). The van der Waals surface area contributed by atoms with Gasteiger partial charge in [-0.2, -0.15) is 0 Å². The number of fused-ring (bicyclic) bond motifs is 1. The summed E-state index contributed by atoms with van der Waals surface area (Å²) in [5, 5.41) is 14.2. The highest BCUT2D eigenvalue weighted by Crippen LogP contribution is 2.40. The van der Waals surface area contributed by atoms with Gasteiger partial charge in [0.25, 0.3) is 0 Å². The molecule has 2 aromatic rings. The van der Waals surface area contributed by atoms with Gasteiger partial charge in [-0.05, 0) is 12.1 Å². The lowest BCUT2D eigenvalue weighted by Gasteiger charge is -2.11. The Morgan fingerprint density at radius 3 is 2.65 bits per heavy atom. The number of hydrogen-bond donors (Lipinski definition) is 2. The summed E-state index contributed by atoms with van der Waals surface area (Å²) in [7, 11) is 0. The van der Waals surface area contributed by atoms with Gasteiger partial charge in [-0.25, -0.2) is 0 Å². The van der Waals surface area contributed by atoms with Crippen LogP contribution in [0.25, 0.3) is 10.8 Å². The van der Waals surface area contributed by atoms with Crippen molar-refractivity contribution in [2.24, 2.45) is 0 Å². The fraction of sp³-hybridized carbons (Fsp3) is 0.0833. The summed E-state index contributed by atoms with van der Waals surface area (Å²) in [4.78, 5) is 11.1. The first-order chi connectivity index (χ1) is 8.00. The Labute approximate surface area is 108 Å². The monoisotopic (exact) mass is 269 g/mol. The molecule has 0 spiro atoms. The smallest absolute Gasteiger partial charge is 0.221 e. The molecular formula is C12H9Cl2NO2. The number of anilines is 1. The molecule has 0 unspecified atom stereocenters. The zero-order valence-electron chi connectivity index (χ0n) is 8.92. The lowest BCUT2D eigenvalue weighted by molar-refractivity contribution is -0.114. The van der Waals surface area contributed by atoms with Gasteiger partial charge in [0.1, 0.15) is 5.75 Å². The first-order valence-corrected chi connectivity index (χ1v) is 5.63. The van der Waals surface area contributed by atoms with Gasteiger partial charge in [0, 0.05) is 12.3 Å². The van der Waals surface area contributed by atoms with Crippen LogP contribution in [0.3, 0.4) is 0 Å². The van der Waals surface area contributed by atoms with E-state index in [1.54, 1.807) is 18.2 Å². The maximum absolute atomic E-state index is 11.1. The molecule has 17 heavy (non-hydrogen) atoms. The lowest BCUT2D eigenvalue weighted by Crippen LogP contribution is -2.06. The fourth-order valence-corrected chi connectivity index (χ4v) is 2.20. The van der Waals surface area contributed by atoms with E-state index >= 15 is 0 Å². The van der Waals surface area contributed by atoms with Crippen molar-refractivity contribution in [2.75, 3.05) is 5.32 Å². The quantitative estimate of drug-likeness (QED) is 0.827. The van der Waals surface area contributed by atoms with Crippen LogP contribution in [0, 0.1) is 0 Å². The summed E-state index contributed by atoms with van der Waals surface area (Å²) in [6, 6.07) is 6.64. The molecule has 0 aliphatic heterocycles. The van der Waals surface area contributed by atoms with E-state index in [4.69, 9.17) is 23.2 Å². The van der Waals surface area contributed by atoms with Crippen LogP contribution in [0.2, 0.25) is 10.0 Å². The van der Waals surface area contributed by atoms with E-state index in [0.29, 0.717) is 21.5 Å². The van der Waals surface area contributed by atoms with Gasteiger partial charge in [0.05, 0.1) is 21.1 Å². The molecule has 0 heterocycles. The molecule has 0 saturated carbocycles. The van der Waals surface area contributed by atoms with Crippen LogP contribution in [0.1, 0.15) is 6.92 Å². The van der Waals surface area contributed by atoms with Crippen LogP contribution in [0.15, 0.2) is 24.3 Å². The molecule has 0 aliphatic carbocycles. The predicted molar refractivity (Wildman–Crippen MR) is 69.9 cm³/mol. The number of hydrogen-bond acceptors (Lipinski definition) is 2. The van der Waals surface area contributed by atoms with Crippen LogP contribution in [0.5, 0.6) is 5.75 Å². The average Bonchev–Trinajstić information content (AvgIpc) is 2.25. The molecule has 0 aromatic heterocycles. The molecule has 88 valence electrons. The van der Waals surface area contributed by atoms with Crippen molar-refractivity contribution in [3.63, 3.8) is 0 Å². The second kappa shape index (κ2) is 4.43. The second-order valence-electron chi connectivity index (χ2n) is 3.60. The molecule has 0 saturated heterocycles. The van der Waals surface area contributed by atoms with Gasteiger partial charge in [0.2, 0.25) is 5.91 Å². The van der Waals surface area contributed by atoms with Gasteiger partial charge < -0.3 is 10.4 Å². The lowest BCUT2D eigenvalue weighted by atomic mass is 10.1. The maximum Gasteiger partial charge on any atom is 0.221 e. The summed E-state index contributed by atoms with van der Waals surface area (Å²) >= 11 is 11.9. The van der Waals surface area contributed by atoms with E-state index < -0.39 is 0 Å². The van der Waals surface area contributed by atoms with E-state index in [1.807, 2.05) is 0 Å². The third-order valence-corrected chi connectivity index (χ3v) is 2.95. The number of rotatable bonds is 1. The zero-order valence-corrected chi connectivity index (χ0v) is 10.4.